The van der Waals surface area contributed by atoms with Gasteiger partial charge in [-0.15, -0.1) is 0 Å². The van der Waals surface area contributed by atoms with E-state index in [4.69, 9.17) is 9.78 Å². The lowest BCUT2D eigenvalue weighted by atomic mass is 10.3. The summed E-state index contributed by atoms with van der Waals surface area (Å²) in [7, 11) is 0. The van der Waals surface area contributed by atoms with Crippen LogP contribution in [0.25, 0.3) is 0 Å². The van der Waals surface area contributed by atoms with Crippen LogP contribution in [0, 0.1) is 18.3 Å². The molecule has 0 fully saturated rings. The highest BCUT2D eigenvalue weighted by atomic mass is 32.2. The van der Waals surface area contributed by atoms with Gasteiger partial charge in [0.25, 0.3) is 6.20 Å². The van der Waals surface area contributed by atoms with Gasteiger partial charge in [0.15, 0.2) is 6.04 Å². The van der Waals surface area contributed by atoms with E-state index < -0.39 is 0 Å². The molecule has 2 rings (SSSR count). The zero-order valence-corrected chi connectivity index (χ0v) is 13.3. The first kappa shape index (κ1) is 16.0. The third kappa shape index (κ3) is 4.05. The number of pyridine rings is 1. The van der Waals surface area contributed by atoms with Crippen molar-refractivity contribution in [2.24, 2.45) is 0 Å². The number of hydrogen-bond donors (Lipinski definition) is 1. The number of nitrogens with one attached hydrogen (secondary N) is 1. The number of thioether (sulfide) groups is 1. The fourth-order valence-electron chi connectivity index (χ4n) is 1.59. The number of nitrogens with zero attached hydrogens (tertiary/aromatic N) is 4. The first-order valence-electron chi connectivity index (χ1n) is 6.68. The first-order valence-corrected chi connectivity index (χ1v) is 7.66. The molecule has 0 aliphatic carbocycles. The third-order valence-corrected chi connectivity index (χ3v) is 3.73. The van der Waals surface area contributed by atoms with E-state index in [1.807, 2.05) is 20.8 Å². The lowest BCUT2D eigenvalue weighted by Crippen LogP contribution is -2.36. The van der Waals surface area contributed by atoms with Gasteiger partial charge >= 0.3 is 5.88 Å². The zero-order chi connectivity index (χ0) is 16.1. The molecular weight excluding hydrogens is 302 g/mol. The van der Waals surface area contributed by atoms with Crippen molar-refractivity contribution >= 4 is 23.6 Å². The maximum absolute atomic E-state index is 11.9. The molecule has 2 aromatic heterocycles. The van der Waals surface area contributed by atoms with Gasteiger partial charge in [0.2, 0.25) is 11.2 Å². The van der Waals surface area contributed by atoms with E-state index in [0.29, 0.717) is 10.6 Å². The van der Waals surface area contributed by atoms with E-state index in [1.165, 1.54) is 11.8 Å². The zero-order valence-electron chi connectivity index (χ0n) is 12.5. The number of hydrogen-bond acceptors (Lipinski definition) is 6. The first-order chi connectivity index (χ1) is 10.5. The van der Waals surface area contributed by atoms with Gasteiger partial charge in [-0.25, -0.2) is 4.98 Å². The van der Waals surface area contributed by atoms with Crippen molar-refractivity contribution in [3.8, 4) is 6.07 Å². The Morgan fingerprint density at radius 2 is 2.32 bits per heavy atom. The van der Waals surface area contributed by atoms with Crippen molar-refractivity contribution in [3.63, 3.8) is 0 Å². The Morgan fingerprint density at radius 3 is 2.95 bits per heavy atom. The molecule has 1 amide bonds. The van der Waals surface area contributed by atoms with Gasteiger partial charge in [-0.05, 0) is 37.6 Å². The molecule has 0 aromatic carbocycles. The lowest BCUT2D eigenvalue weighted by Gasteiger charge is -2.03. The molecule has 114 valence electrons. The highest BCUT2D eigenvalue weighted by molar-refractivity contribution is 8.00. The van der Waals surface area contributed by atoms with Gasteiger partial charge in [-0.1, -0.05) is 11.8 Å². The highest BCUT2D eigenvalue weighted by Gasteiger charge is 2.17. The van der Waals surface area contributed by atoms with Gasteiger partial charge in [-0.3, -0.25) is 14.6 Å². The van der Waals surface area contributed by atoms with Gasteiger partial charge in [0.1, 0.15) is 11.1 Å². The van der Waals surface area contributed by atoms with E-state index in [-0.39, 0.29) is 23.6 Å². The van der Waals surface area contributed by atoms with Crippen molar-refractivity contribution in [2.75, 3.05) is 11.1 Å². The number of aryl methyl sites for hydroxylation is 1. The van der Waals surface area contributed by atoms with Crippen LogP contribution >= 0.6 is 11.8 Å². The lowest BCUT2D eigenvalue weighted by molar-refractivity contribution is -0.779. The summed E-state index contributed by atoms with van der Waals surface area (Å²) in [6.45, 7) is 5.75. The average molecular weight is 318 g/mol. The number of aromatic nitrogens is 3. The molecule has 8 heteroatoms. The molecular formula is C14H16N5O2S+. The molecule has 0 radical (unpaired) electrons. The second-order valence-electron chi connectivity index (χ2n) is 4.89. The van der Waals surface area contributed by atoms with Crippen LogP contribution in [0.3, 0.4) is 0 Å². The molecule has 0 aliphatic rings. The summed E-state index contributed by atoms with van der Waals surface area (Å²) in [5.74, 6) is 0.175. The summed E-state index contributed by atoms with van der Waals surface area (Å²) >= 11 is 1.21. The number of carbonyl (C=O) groups excluding carboxylic acids is 1. The van der Waals surface area contributed by atoms with Crippen molar-refractivity contribution in [1.82, 2.24) is 10.3 Å². The predicted molar refractivity (Wildman–Crippen MR) is 80.1 cm³/mol. The van der Waals surface area contributed by atoms with Crippen LogP contribution in [0.5, 0.6) is 0 Å². The van der Waals surface area contributed by atoms with Crippen molar-refractivity contribution in [2.45, 2.75) is 31.8 Å². The van der Waals surface area contributed by atoms with Gasteiger partial charge in [0.05, 0.1) is 11.3 Å². The molecule has 0 aliphatic heterocycles. The van der Waals surface area contributed by atoms with Crippen molar-refractivity contribution in [1.29, 1.82) is 5.26 Å². The largest absolute Gasteiger partial charge is 0.302 e. The highest BCUT2D eigenvalue weighted by Crippen LogP contribution is 2.20. The molecule has 22 heavy (non-hydrogen) atoms. The SMILES string of the molecule is Cc1ccc(C#N)c(SCC(=O)Nc2c[n+](C(C)C)no2)n1. The molecule has 1 N–H and O–H groups in total. The van der Waals surface area contributed by atoms with Gasteiger partial charge in [-0.2, -0.15) is 5.26 Å². The molecule has 0 saturated carbocycles. The van der Waals surface area contributed by atoms with Crippen molar-refractivity contribution < 1.29 is 14.0 Å². The Kier molecular flexibility index (Phi) is 5.12. The maximum Gasteiger partial charge on any atom is 0.302 e. The minimum absolute atomic E-state index is 0.132. The molecule has 0 atom stereocenters. The maximum atomic E-state index is 11.9. The van der Waals surface area contributed by atoms with Crippen molar-refractivity contribution in [3.05, 3.63) is 29.6 Å². The summed E-state index contributed by atoms with van der Waals surface area (Å²) in [6, 6.07) is 5.68. The number of rotatable bonds is 5. The summed E-state index contributed by atoms with van der Waals surface area (Å²) in [4.78, 5) is 16.2. The Balaban J connectivity index is 1.95. The molecule has 0 saturated heterocycles. The Hall–Kier alpha value is -2.40. The van der Waals surface area contributed by atoms with E-state index in [2.05, 4.69) is 21.6 Å². The summed E-state index contributed by atoms with van der Waals surface area (Å²) in [5, 5.41) is 16.0. The standard InChI is InChI=1S/C14H15N5O2S/c1-9(2)19-7-13(21-18-19)17-12(20)8-22-14-11(6-15)5-4-10(3)16-14/h4-5,7,9H,8H2,1-3H3/p+1. The van der Waals surface area contributed by atoms with Crippen LogP contribution < -0.4 is 10.00 Å². The van der Waals surface area contributed by atoms with E-state index in [1.54, 1.807) is 23.0 Å². The number of nitriles is 1. The van der Waals surface area contributed by atoms with E-state index >= 15 is 0 Å². The van der Waals surface area contributed by atoms with E-state index in [9.17, 15) is 4.79 Å². The molecule has 7 nitrogen and oxygen atoms in total. The van der Waals surface area contributed by atoms with Crippen LogP contribution in [0.1, 0.15) is 31.1 Å². The minimum atomic E-state index is -0.246. The second kappa shape index (κ2) is 7.04. The van der Waals surface area contributed by atoms with Crippen LogP contribution in [0.4, 0.5) is 5.88 Å². The fraction of sp³-hybridized carbons (Fsp3) is 0.357. The molecule has 0 unspecified atom stereocenters. The monoisotopic (exact) mass is 318 g/mol. The van der Waals surface area contributed by atoms with E-state index in [0.717, 1.165) is 5.69 Å². The number of carbonyl (C=O) groups is 1. The predicted octanol–water partition coefficient (Wildman–Crippen LogP) is 1.85. The summed E-state index contributed by atoms with van der Waals surface area (Å²) in [6.07, 6.45) is 1.62. The molecule has 0 bridgehead atoms. The fourth-order valence-corrected chi connectivity index (χ4v) is 2.41. The summed E-state index contributed by atoms with van der Waals surface area (Å²) < 4.78 is 6.63. The quantitative estimate of drug-likeness (QED) is 0.667. The Labute approximate surface area is 132 Å². The van der Waals surface area contributed by atoms with Crippen LogP contribution in [-0.2, 0) is 4.79 Å². The Bertz CT molecular complexity index is 720. The van der Waals surface area contributed by atoms with Gasteiger partial charge in [0, 0.05) is 5.69 Å². The third-order valence-electron chi connectivity index (χ3n) is 2.73. The second-order valence-corrected chi connectivity index (χ2v) is 5.86. The topological polar surface area (TPSA) is 95.7 Å². The normalized spacial score (nSPS) is 10.5. The molecule has 2 heterocycles. The van der Waals surface area contributed by atoms with Crippen LogP contribution in [0.15, 0.2) is 27.9 Å². The number of amides is 1. The average Bonchev–Trinajstić information content (AvgIpc) is 2.94. The summed E-state index contributed by atoms with van der Waals surface area (Å²) in [5.41, 5.74) is 1.26. The van der Waals surface area contributed by atoms with Crippen LogP contribution in [-0.4, -0.2) is 21.9 Å². The van der Waals surface area contributed by atoms with Gasteiger partial charge < -0.3 is 0 Å². The minimum Gasteiger partial charge on any atom is -0.288 e. The molecule has 0 spiro atoms. The smallest absolute Gasteiger partial charge is 0.288 e. The Morgan fingerprint density at radius 1 is 1.55 bits per heavy atom. The number of anilines is 1. The molecule has 2 aromatic rings. The van der Waals surface area contributed by atoms with Crippen LogP contribution in [0.2, 0.25) is 0 Å².